The number of aromatic nitrogens is 1. The topological polar surface area (TPSA) is 52.0 Å². The van der Waals surface area contributed by atoms with Crippen LogP contribution in [-0.4, -0.2) is 5.16 Å². The first-order valence-corrected chi connectivity index (χ1v) is 6.82. The molecule has 106 valence electrons. The summed E-state index contributed by atoms with van der Waals surface area (Å²) in [6, 6.07) is 10.3. The Balaban J connectivity index is 2.25. The Morgan fingerprint density at radius 2 is 1.81 bits per heavy atom. The van der Waals surface area contributed by atoms with Crippen LogP contribution >= 0.6 is 15.9 Å². The summed E-state index contributed by atoms with van der Waals surface area (Å²) in [6.07, 6.45) is 0. The van der Waals surface area contributed by atoms with Crippen LogP contribution in [0.2, 0.25) is 0 Å². The van der Waals surface area contributed by atoms with E-state index in [4.69, 9.17) is 10.3 Å². The predicted octanol–water partition coefficient (Wildman–Crippen LogP) is 4.63. The Labute approximate surface area is 127 Å². The first-order chi connectivity index (χ1) is 10.1. The number of nitrogen functional groups attached to an aromatic ring is 1. The van der Waals surface area contributed by atoms with Crippen molar-refractivity contribution in [1.29, 1.82) is 0 Å². The summed E-state index contributed by atoms with van der Waals surface area (Å²) in [6.45, 7) is 0. The fourth-order valence-corrected chi connectivity index (χ4v) is 2.63. The highest BCUT2D eigenvalue weighted by molar-refractivity contribution is 9.10. The van der Waals surface area contributed by atoms with E-state index in [0.29, 0.717) is 21.3 Å². The van der Waals surface area contributed by atoms with Crippen LogP contribution in [0.4, 0.5) is 14.7 Å². The van der Waals surface area contributed by atoms with E-state index in [2.05, 4.69) is 21.1 Å². The monoisotopic (exact) mass is 350 g/mol. The van der Waals surface area contributed by atoms with Gasteiger partial charge in [0.05, 0.1) is 5.56 Å². The minimum atomic E-state index is -0.438. The third kappa shape index (κ3) is 2.42. The van der Waals surface area contributed by atoms with Crippen LogP contribution in [0.15, 0.2) is 51.5 Å². The molecular weight excluding hydrogens is 342 g/mol. The van der Waals surface area contributed by atoms with Gasteiger partial charge in [0.25, 0.3) is 0 Å². The van der Waals surface area contributed by atoms with Crippen molar-refractivity contribution in [3.63, 3.8) is 0 Å². The molecule has 3 rings (SSSR count). The summed E-state index contributed by atoms with van der Waals surface area (Å²) in [5, 5.41) is 3.87. The lowest BCUT2D eigenvalue weighted by Gasteiger charge is -2.06. The Kier molecular flexibility index (Phi) is 3.47. The molecule has 6 heteroatoms. The Morgan fingerprint density at radius 1 is 1.05 bits per heavy atom. The normalized spacial score (nSPS) is 10.8. The van der Waals surface area contributed by atoms with E-state index >= 15 is 0 Å². The van der Waals surface area contributed by atoms with Crippen molar-refractivity contribution in [2.45, 2.75) is 0 Å². The number of nitrogens with zero attached hydrogens (tertiary/aromatic N) is 1. The Morgan fingerprint density at radius 3 is 2.52 bits per heavy atom. The molecule has 3 aromatic rings. The number of halogens is 3. The molecule has 2 N–H and O–H groups in total. The summed E-state index contributed by atoms with van der Waals surface area (Å²) >= 11 is 3.26. The van der Waals surface area contributed by atoms with E-state index in [-0.39, 0.29) is 11.4 Å². The molecule has 0 saturated carbocycles. The van der Waals surface area contributed by atoms with Crippen LogP contribution in [0.3, 0.4) is 0 Å². The second-order valence-corrected chi connectivity index (χ2v) is 5.23. The molecule has 0 spiro atoms. The smallest absolute Gasteiger partial charge is 0.230 e. The number of anilines is 1. The highest BCUT2D eigenvalue weighted by Gasteiger charge is 2.21. The molecule has 0 saturated heterocycles. The maximum atomic E-state index is 14.0. The van der Waals surface area contributed by atoms with Gasteiger partial charge in [-0.3, -0.25) is 0 Å². The second kappa shape index (κ2) is 5.29. The van der Waals surface area contributed by atoms with Crippen molar-refractivity contribution >= 4 is 21.8 Å². The number of benzene rings is 2. The van der Waals surface area contributed by atoms with Gasteiger partial charge in [0, 0.05) is 15.6 Å². The third-order valence-corrected chi connectivity index (χ3v) is 3.70. The summed E-state index contributed by atoms with van der Waals surface area (Å²) < 4.78 is 32.7. The Bertz CT molecular complexity index is 817. The average molecular weight is 351 g/mol. The van der Waals surface area contributed by atoms with Crippen molar-refractivity contribution in [3.05, 3.63) is 58.6 Å². The summed E-state index contributed by atoms with van der Waals surface area (Å²) in [5.74, 6) is -0.826. The predicted molar refractivity (Wildman–Crippen MR) is 79.4 cm³/mol. The second-order valence-electron chi connectivity index (χ2n) is 4.37. The van der Waals surface area contributed by atoms with E-state index < -0.39 is 11.6 Å². The zero-order valence-corrected chi connectivity index (χ0v) is 12.2. The fraction of sp³-hybridized carbons (Fsp3) is 0. The van der Waals surface area contributed by atoms with Crippen LogP contribution in [0.25, 0.3) is 22.4 Å². The van der Waals surface area contributed by atoms with Crippen molar-refractivity contribution in [1.82, 2.24) is 5.16 Å². The van der Waals surface area contributed by atoms with Crippen molar-refractivity contribution in [2.75, 3.05) is 5.73 Å². The fourth-order valence-electron chi connectivity index (χ4n) is 2.09. The van der Waals surface area contributed by atoms with Gasteiger partial charge in [-0.05, 0) is 40.2 Å². The van der Waals surface area contributed by atoms with Gasteiger partial charge >= 0.3 is 0 Å². The molecule has 0 amide bonds. The quantitative estimate of drug-likeness (QED) is 0.732. The summed E-state index contributed by atoms with van der Waals surface area (Å²) in [5.41, 5.74) is 7.32. The SMILES string of the molecule is Nc1onc(-c2ccc(F)cc2Br)c1-c1ccccc1F. The molecule has 1 heterocycles. The molecule has 0 aliphatic carbocycles. The lowest BCUT2D eigenvalue weighted by atomic mass is 10.0. The molecular formula is C15H9BrF2N2O. The molecule has 3 nitrogen and oxygen atoms in total. The number of rotatable bonds is 2. The van der Waals surface area contributed by atoms with Crippen molar-refractivity contribution in [3.8, 4) is 22.4 Å². The zero-order valence-electron chi connectivity index (χ0n) is 10.6. The van der Waals surface area contributed by atoms with Crippen molar-refractivity contribution in [2.24, 2.45) is 0 Å². The van der Waals surface area contributed by atoms with Gasteiger partial charge in [-0.1, -0.05) is 23.4 Å². The highest BCUT2D eigenvalue weighted by Crippen LogP contribution is 2.40. The van der Waals surface area contributed by atoms with E-state index in [1.165, 1.54) is 24.3 Å². The lowest BCUT2D eigenvalue weighted by Crippen LogP contribution is -1.91. The lowest BCUT2D eigenvalue weighted by molar-refractivity contribution is 0.439. The van der Waals surface area contributed by atoms with Crippen LogP contribution in [0.1, 0.15) is 0 Å². The molecule has 0 aliphatic heterocycles. The van der Waals surface area contributed by atoms with Gasteiger partial charge in [-0.2, -0.15) is 0 Å². The molecule has 2 aromatic carbocycles. The average Bonchev–Trinajstić information content (AvgIpc) is 2.81. The van der Waals surface area contributed by atoms with E-state index in [0.717, 1.165) is 0 Å². The Hall–Kier alpha value is -2.21. The van der Waals surface area contributed by atoms with E-state index in [9.17, 15) is 8.78 Å². The molecule has 0 fully saturated rings. The molecule has 0 atom stereocenters. The van der Waals surface area contributed by atoms with Gasteiger partial charge < -0.3 is 10.3 Å². The third-order valence-electron chi connectivity index (χ3n) is 3.05. The van der Waals surface area contributed by atoms with Gasteiger partial charge in [-0.15, -0.1) is 0 Å². The first kappa shape index (κ1) is 13.8. The zero-order chi connectivity index (χ0) is 15.0. The molecule has 0 radical (unpaired) electrons. The minimum absolute atomic E-state index is 0.00586. The van der Waals surface area contributed by atoms with Gasteiger partial charge in [-0.25, -0.2) is 8.78 Å². The maximum Gasteiger partial charge on any atom is 0.230 e. The van der Waals surface area contributed by atoms with Gasteiger partial charge in [0.1, 0.15) is 17.3 Å². The van der Waals surface area contributed by atoms with E-state index in [1.54, 1.807) is 18.2 Å². The molecule has 0 aliphatic rings. The summed E-state index contributed by atoms with van der Waals surface area (Å²) in [4.78, 5) is 0. The molecule has 21 heavy (non-hydrogen) atoms. The number of hydrogen-bond acceptors (Lipinski definition) is 3. The summed E-state index contributed by atoms with van der Waals surface area (Å²) in [7, 11) is 0. The number of nitrogens with two attached hydrogens (primary N) is 1. The standard InChI is InChI=1S/C15H9BrF2N2O/c16-11-7-8(17)5-6-9(11)14-13(15(19)21-20-14)10-3-1-2-4-12(10)18/h1-7H,19H2. The van der Waals surface area contributed by atoms with Crippen molar-refractivity contribution < 1.29 is 13.3 Å². The van der Waals surface area contributed by atoms with Crippen LogP contribution < -0.4 is 5.73 Å². The van der Waals surface area contributed by atoms with Gasteiger partial charge in [0.15, 0.2) is 0 Å². The molecule has 1 aromatic heterocycles. The maximum absolute atomic E-state index is 14.0. The van der Waals surface area contributed by atoms with E-state index in [1.807, 2.05) is 0 Å². The van der Waals surface area contributed by atoms with Crippen LogP contribution in [0.5, 0.6) is 0 Å². The van der Waals surface area contributed by atoms with Crippen LogP contribution in [-0.2, 0) is 0 Å². The number of hydrogen-bond donors (Lipinski definition) is 1. The molecule has 0 bridgehead atoms. The largest absolute Gasteiger partial charge is 0.367 e. The first-order valence-electron chi connectivity index (χ1n) is 6.03. The highest BCUT2D eigenvalue weighted by atomic mass is 79.9. The van der Waals surface area contributed by atoms with Gasteiger partial charge in [0.2, 0.25) is 5.88 Å². The molecule has 0 unspecified atom stereocenters. The van der Waals surface area contributed by atoms with Crippen LogP contribution in [0, 0.1) is 11.6 Å². The minimum Gasteiger partial charge on any atom is -0.367 e.